The molecule has 0 aliphatic heterocycles. The topological polar surface area (TPSA) is 91.1 Å². The normalized spacial score (nSPS) is 9.69. The maximum Gasteiger partial charge on any atom is 0.404 e. The Morgan fingerprint density at radius 1 is 1.08 bits per heavy atom. The van der Waals surface area contributed by atoms with Crippen LogP contribution in [0.5, 0.6) is 11.5 Å². The van der Waals surface area contributed by atoms with Crippen LogP contribution in [0.25, 0.3) is 0 Å². The molecule has 0 radical (unpaired) electrons. The Bertz CT molecular complexity index is 657. The van der Waals surface area contributed by atoms with Gasteiger partial charge in [0, 0.05) is 18.3 Å². The SMILES string of the molecule is C=CCOc1ccc(N(CCCOC(N)=O)C(=O)C=C)cc1OCC=C. The highest BCUT2D eigenvalue weighted by atomic mass is 16.5. The summed E-state index contributed by atoms with van der Waals surface area (Å²) in [6.45, 7) is 11.8. The minimum atomic E-state index is -0.851. The molecule has 0 fully saturated rings. The van der Waals surface area contributed by atoms with Gasteiger partial charge in [-0.3, -0.25) is 4.79 Å². The zero-order valence-electron chi connectivity index (χ0n) is 14.7. The van der Waals surface area contributed by atoms with E-state index in [1.807, 2.05) is 0 Å². The first-order valence-electron chi connectivity index (χ1n) is 8.01. The van der Waals surface area contributed by atoms with Crippen LogP contribution < -0.4 is 20.1 Å². The molecule has 1 aromatic rings. The second kappa shape index (κ2) is 11.4. The number of amides is 2. The molecule has 0 bridgehead atoms. The van der Waals surface area contributed by atoms with E-state index in [0.717, 1.165) is 0 Å². The summed E-state index contributed by atoms with van der Waals surface area (Å²) in [6.07, 6.45) is 4.01. The van der Waals surface area contributed by atoms with E-state index in [4.69, 9.17) is 19.9 Å². The van der Waals surface area contributed by atoms with Crippen LogP contribution in [0.1, 0.15) is 6.42 Å². The molecule has 0 spiro atoms. The molecule has 2 N–H and O–H groups in total. The lowest BCUT2D eigenvalue weighted by Crippen LogP contribution is -2.31. The zero-order chi connectivity index (χ0) is 19.4. The molecule has 0 unspecified atom stereocenters. The second-order valence-electron chi connectivity index (χ2n) is 5.05. The van der Waals surface area contributed by atoms with Crippen LogP contribution in [0.2, 0.25) is 0 Å². The lowest BCUT2D eigenvalue weighted by Gasteiger charge is -2.23. The van der Waals surface area contributed by atoms with Gasteiger partial charge in [-0.25, -0.2) is 4.79 Å². The molecule has 1 aromatic carbocycles. The molecule has 0 heterocycles. The lowest BCUT2D eigenvalue weighted by molar-refractivity contribution is -0.114. The number of benzene rings is 1. The van der Waals surface area contributed by atoms with Gasteiger partial charge in [0.1, 0.15) is 13.2 Å². The highest BCUT2D eigenvalue weighted by molar-refractivity contribution is 6.01. The number of carbonyl (C=O) groups is 2. The summed E-state index contributed by atoms with van der Waals surface area (Å²) in [6, 6.07) is 5.13. The van der Waals surface area contributed by atoms with Crippen molar-refractivity contribution in [2.75, 3.05) is 31.3 Å². The van der Waals surface area contributed by atoms with Crippen molar-refractivity contribution in [2.24, 2.45) is 5.73 Å². The molecular formula is C19H24N2O5. The summed E-state index contributed by atoms with van der Waals surface area (Å²) in [5.41, 5.74) is 5.52. The van der Waals surface area contributed by atoms with Crippen molar-refractivity contribution in [3.05, 3.63) is 56.2 Å². The number of carbonyl (C=O) groups excluding carboxylic acids is 2. The van der Waals surface area contributed by atoms with Gasteiger partial charge in [0.05, 0.1) is 6.61 Å². The molecule has 1 rings (SSSR count). The fraction of sp³-hybridized carbons (Fsp3) is 0.263. The maximum absolute atomic E-state index is 12.2. The summed E-state index contributed by atoms with van der Waals surface area (Å²) in [7, 11) is 0. The Hall–Kier alpha value is -3.22. The van der Waals surface area contributed by atoms with Crippen LogP contribution >= 0.6 is 0 Å². The van der Waals surface area contributed by atoms with Crippen molar-refractivity contribution >= 4 is 17.7 Å². The van der Waals surface area contributed by atoms with E-state index in [0.29, 0.717) is 36.8 Å². The van der Waals surface area contributed by atoms with E-state index >= 15 is 0 Å². The van der Waals surface area contributed by atoms with E-state index < -0.39 is 6.09 Å². The summed E-state index contributed by atoms with van der Waals surface area (Å²) < 4.78 is 15.9. The Morgan fingerprint density at radius 2 is 1.73 bits per heavy atom. The van der Waals surface area contributed by atoms with Gasteiger partial charge in [0.15, 0.2) is 11.5 Å². The predicted octanol–water partition coefficient (Wildman–Crippen LogP) is 2.82. The van der Waals surface area contributed by atoms with Crippen LogP contribution in [0.3, 0.4) is 0 Å². The Kier molecular flexibility index (Phi) is 9.09. The third-order valence-electron chi connectivity index (χ3n) is 3.16. The Morgan fingerprint density at radius 3 is 2.31 bits per heavy atom. The van der Waals surface area contributed by atoms with Crippen molar-refractivity contribution in [3.8, 4) is 11.5 Å². The molecule has 26 heavy (non-hydrogen) atoms. The van der Waals surface area contributed by atoms with E-state index in [2.05, 4.69) is 19.7 Å². The van der Waals surface area contributed by atoms with Crippen LogP contribution in [0.4, 0.5) is 10.5 Å². The molecule has 0 aliphatic carbocycles. The van der Waals surface area contributed by atoms with Gasteiger partial charge >= 0.3 is 6.09 Å². The molecular weight excluding hydrogens is 336 g/mol. The van der Waals surface area contributed by atoms with Gasteiger partial charge in [0.25, 0.3) is 0 Å². The molecule has 0 saturated carbocycles. The Labute approximate surface area is 153 Å². The highest BCUT2D eigenvalue weighted by Crippen LogP contribution is 2.32. The number of hydrogen-bond donors (Lipinski definition) is 1. The molecule has 140 valence electrons. The average molecular weight is 360 g/mol. The second-order valence-corrected chi connectivity index (χ2v) is 5.05. The third-order valence-corrected chi connectivity index (χ3v) is 3.16. The molecule has 0 aliphatic rings. The van der Waals surface area contributed by atoms with Gasteiger partial charge in [-0.05, 0) is 24.6 Å². The van der Waals surface area contributed by atoms with Crippen molar-refractivity contribution in [2.45, 2.75) is 6.42 Å². The minimum Gasteiger partial charge on any atom is -0.486 e. The van der Waals surface area contributed by atoms with Crippen molar-refractivity contribution in [1.29, 1.82) is 0 Å². The summed E-state index contributed by atoms with van der Waals surface area (Å²) in [5, 5.41) is 0. The number of rotatable bonds is 12. The van der Waals surface area contributed by atoms with Gasteiger partial charge in [-0.1, -0.05) is 31.9 Å². The van der Waals surface area contributed by atoms with Gasteiger partial charge in [0.2, 0.25) is 5.91 Å². The third kappa shape index (κ3) is 6.72. The van der Waals surface area contributed by atoms with Crippen LogP contribution in [0.15, 0.2) is 56.2 Å². The summed E-state index contributed by atoms with van der Waals surface area (Å²) in [4.78, 5) is 24.3. The van der Waals surface area contributed by atoms with E-state index in [1.165, 1.54) is 11.0 Å². The summed E-state index contributed by atoms with van der Waals surface area (Å²) >= 11 is 0. The number of ether oxygens (including phenoxy) is 3. The summed E-state index contributed by atoms with van der Waals surface area (Å²) in [5.74, 6) is 0.705. The molecule has 0 saturated heterocycles. The fourth-order valence-corrected chi connectivity index (χ4v) is 2.07. The number of anilines is 1. The lowest BCUT2D eigenvalue weighted by atomic mass is 10.2. The largest absolute Gasteiger partial charge is 0.486 e. The van der Waals surface area contributed by atoms with Crippen LogP contribution in [-0.2, 0) is 9.53 Å². The van der Waals surface area contributed by atoms with Crippen molar-refractivity contribution in [1.82, 2.24) is 0 Å². The van der Waals surface area contributed by atoms with E-state index in [9.17, 15) is 9.59 Å². The number of nitrogens with two attached hydrogens (primary N) is 1. The zero-order valence-corrected chi connectivity index (χ0v) is 14.7. The van der Waals surface area contributed by atoms with Crippen molar-refractivity contribution in [3.63, 3.8) is 0 Å². The standard InChI is InChI=1S/C19H24N2O5/c1-4-11-24-16-9-8-15(14-17(16)25-12-5-2)21(18(22)6-3)10-7-13-26-19(20)23/h4-6,8-9,14H,1-3,7,10-13H2,(H2,20,23). The first-order valence-corrected chi connectivity index (χ1v) is 8.01. The van der Waals surface area contributed by atoms with Gasteiger partial charge < -0.3 is 24.8 Å². The monoisotopic (exact) mass is 360 g/mol. The molecule has 2 amide bonds. The average Bonchev–Trinajstić information content (AvgIpc) is 2.64. The van der Waals surface area contributed by atoms with Gasteiger partial charge in [-0.15, -0.1) is 0 Å². The van der Waals surface area contributed by atoms with Crippen LogP contribution in [-0.4, -0.2) is 38.4 Å². The minimum absolute atomic E-state index is 0.108. The quantitative estimate of drug-likeness (QED) is 0.352. The molecule has 7 nitrogen and oxygen atoms in total. The maximum atomic E-state index is 12.2. The number of primary amides is 1. The predicted molar refractivity (Wildman–Crippen MR) is 101 cm³/mol. The molecule has 0 atom stereocenters. The molecule has 7 heteroatoms. The van der Waals surface area contributed by atoms with Crippen LogP contribution in [0, 0.1) is 0 Å². The van der Waals surface area contributed by atoms with Crippen molar-refractivity contribution < 1.29 is 23.8 Å². The van der Waals surface area contributed by atoms with E-state index in [1.54, 1.807) is 30.4 Å². The molecule has 0 aromatic heterocycles. The van der Waals surface area contributed by atoms with E-state index in [-0.39, 0.29) is 19.1 Å². The highest BCUT2D eigenvalue weighted by Gasteiger charge is 2.16. The Balaban J connectivity index is 3.01. The smallest absolute Gasteiger partial charge is 0.404 e. The van der Waals surface area contributed by atoms with Gasteiger partial charge in [-0.2, -0.15) is 0 Å². The first kappa shape index (κ1) is 20.8. The number of hydrogen-bond acceptors (Lipinski definition) is 5. The fourth-order valence-electron chi connectivity index (χ4n) is 2.07. The number of nitrogens with zero attached hydrogens (tertiary/aromatic N) is 1. The first-order chi connectivity index (χ1) is 12.5.